The van der Waals surface area contributed by atoms with Crippen LogP contribution in [0.3, 0.4) is 0 Å². The number of aliphatic carboxylic acids is 2. The van der Waals surface area contributed by atoms with E-state index in [2.05, 4.69) is 28.6 Å². The van der Waals surface area contributed by atoms with Gasteiger partial charge in [0.05, 0.1) is 12.5 Å². The smallest absolute Gasteiger partial charge is 0.325 e. The predicted molar refractivity (Wildman–Crippen MR) is 115 cm³/mol. The van der Waals surface area contributed by atoms with Crippen LogP contribution in [-0.2, 0) is 30.4 Å². The molecule has 0 aliphatic carbocycles. The third kappa shape index (κ3) is 8.81. The number of hydrogen-bond acceptors (Lipinski definition) is 8. The molecule has 1 aromatic rings. The molecule has 1 aromatic carbocycles. The number of carboxylic acids is 2. The van der Waals surface area contributed by atoms with Gasteiger partial charge in [0.2, 0.25) is 17.7 Å². The summed E-state index contributed by atoms with van der Waals surface area (Å²) in [6.45, 7) is 1.25. The van der Waals surface area contributed by atoms with Crippen LogP contribution in [0.4, 0.5) is 0 Å². The van der Waals surface area contributed by atoms with Gasteiger partial charge in [0.15, 0.2) is 0 Å². The van der Waals surface area contributed by atoms with Crippen LogP contribution < -0.4 is 21.7 Å². The van der Waals surface area contributed by atoms with Crippen LogP contribution in [0.1, 0.15) is 18.9 Å². The molecule has 0 aliphatic rings. The fourth-order valence-corrected chi connectivity index (χ4v) is 2.74. The molecule has 0 fully saturated rings. The molecule has 0 aliphatic heterocycles. The summed E-state index contributed by atoms with van der Waals surface area (Å²) in [6, 6.07) is 0.691. The van der Waals surface area contributed by atoms with Gasteiger partial charge >= 0.3 is 11.9 Å². The van der Waals surface area contributed by atoms with E-state index in [4.69, 9.17) is 15.9 Å². The maximum atomic E-state index is 12.8. The standard InChI is InChI=1S/C19H26N4O8S/c1-9(19(30)31)21-18(29)14(8-32)23-17(28)13(6-10-2-4-11(24)5-3-10)22-16(27)12(20)7-15(25)26/h2-5,9,12-14,24,32H,6-8,20H2,1H3,(H,21,29)(H,22,27)(H,23,28)(H,25,26)(H,30,31). The van der Waals surface area contributed by atoms with Crippen LogP contribution in [0.2, 0.25) is 0 Å². The minimum Gasteiger partial charge on any atom is -0.508 e. The fraction of sp³-hybridized carbons (Fsp3) is 0.421. The van der Waals surface area contributed by atoms with Crippen LogP contribution in [0, 0.1) is 0 Å². The van der Waals surface area contributed by atoms with Gasteiger partial charge in [-0.25, -0.2) is 0 Å². The largest absolute Gasteiger partial charge is 0.508 e. The normalized spacial score (nSPS) is 14.3. The molecule has 4 unspecified atom stereocenters. The van der Waals surface area contributed by atoms with Gasteiger partial charge in [-0.15, -0.1) is 0 Å². The van der Waals surface area contributed by atoms with Crippen molar-refractivity contribution in [3.63, 3.8) is 0 Å². The third-order valence-electron chi connectivity index (χ3n) is 4.29. The number of carboxylic acid groups (broad SMARTS) is 2. The topological polar surface area (TPSA) is 208 Å². The zero-order chi connectivity index (χ0) is 24.4. The van der Waals surface area contributed by atoms with E-state index in [9.17, 15) is 29.1 Å². The van der Waals surface area contributed by atoms with Crippen molar-refractivity contribution in [2.45, 2.75) is 43.9 Å². The molecule has 13 heteroatoms. The first-order chi connectivity index (χ1) is 14.9. The van der Waals surface area contributed by atoms with E-state index in [0.717, 1.165) is 0 Å². The van der Waals surface area contributed by atoms with Gasteiger partial charge in [0.25, 0.3) is 0 Å². The average Bonchev–Trinajstić information content (AvgIpc) is 2.71. The van der Waals surface area contributed by atoms with Gasteiger partial charge in [-0.05, 0) is 24.6 Å². The van der Waals surface area contributed by atoms with E-state index < -0.39 is 60.2 Å². The Morgan fingerprint density at radius 3 is 1.97 bits per heavy atom. The second-order valence-corrected chi connectivity index (χ2v) is 7.31. The summed E-state index contributed by atoms with van der Waals surface area (Å²) < 4.78 is 0. The molecule has 0 saturated heterocycles. The number of nitrogens with two attached hydrogens (primary N) is 1. The molecule has 0 saturated carbocycles. The van der Waals surface area contributed by atoms with Gasteiger partial charge in [-0.1, -0.05) is 12.1 Å². The lowest BCUT2D eigenvalue weighted by Crippen LogP contribution is -2.58. The lowest BCUT2D eigenvalue weighted by molar-refractivity contribution is -0.141. The monoisotopic (exact) mass is 470 g/mol. The second-order valence-electron chi connectivity index (χ2n) is 6.95. The van der Waals surface area contributed by atoms with Crippen molar-refractivity contribution in [1.82, 2.24) is 16.0 Å². The van der Waals surface area contributed by atoms with Crippen molar-refractivity contribution in [3.05, 3.63) is 29.8 Å². The van der Waals surface area contributed by atoms with Crippen molar-refractivity contribution in [2.24, 2.45) is 5.73 Å². The molecule has 4 atom stereocenters. The molecule has 0 aromatic heterocycles. The number of nitrogens with one attached hydrogen (secondary N) is 3. The van der Waals surface area contributed by atoms with Crippen LogP contribution in [0.25, 0.3) is 0 Å². The first-order valence-electron chi connectivity index (χ1n) is 9.44. The van der Waals surface area contributed by atoms with Crippen molar-refractivity contribution >= 4 is 42.3 Å². The van der Waals surface area contributed by atoms with Crippen molar-refractivity contribution in [3.8, 4) is 5.75 Å². The van der Waals surface area contributed by atoms with Gasteiger partial charge in [-0.2, -0.15) is 12.6 Å². The number of phenols is 1. The molecule has 0 bridgehead atoms. The highest BCUT2D eigenvalue weighted by molar-refractivity contribution is 7.80. The number of aromatic hydroxyl groups is 1. The molecule has 3 amide bonds. The minimum absolute atomic E-state index is 0.0124. The Morgan fingerprint density at radius 1 is 0.938 bits per heavy atom. The van der Waals surface area contributed by atoms with E-state index in [1.54, 1.807) is 0 Å². The molecule has 1 rings (SSSR count). The van der Waals surface area contributed by atoms with E-state index in [0.29, 0.717) is 5.56 Å². The van der Waals surface area contributed by atoms with Gasteiger partial charge in [0.1, 0.15) is 23.9 Å². The van der Waals surface area contributed by atoms with Crippen LogP contribution in [-0.4, -0.2) is 74.9 Å². The van der Waals surface area contributed by atoms with Crippen LogP contribution in [0.5, 0.6) is 5.75 Å². The Bertz CT molecular complexity index is 848. The predicted octanol–water partition coefficient (Wildman–Crippen LogP) is -1.77. The first kappa shape index (κ1) is 26.7. The van der Waals surface area contributed by atoms with E-state index in [1.165, 1.54) is 31.2 Å². The maximum Gasteiger partial charge on any atom is 0.325 e. The SMILES string of the molecule is CC(NC(=O)C(CS)NC(=O)C(Cc1ccc(O)cc1)NC(=O)C(N)CC(=O)O)C(=O)O. The quantitative estimate of drug-likeness (QED) is 0.162. The molecular weight excluding hydrogens is 444 g/mol. The zero-order valence-electron chi connectivity index (χ0n) is 17.1. The van der Waals surface area contributed by atoms with E-state index >= 15 is 0 Å². The summed E-state index contributed by atoms with van der Waals surface area (Å²) in [7, 11) is 0. The number of carbonyl (C=O) groups excluding carboxylic acids is 3. The second kappa shape index (κ2) is 12.5. The Hall–Kier alpha value is -3.32. The van der Waals surface area contributed by atoms with Crippen molar-refractivity contribution in [1.29, 1.82) is 0 Å². The number of phenolic OH excluding ortho intramolecular Hbond substituents is 1. The summed E-state index contributed by atoms with van der Waals surface area (Å²) in [4.78, 5) is 59.1. The maximum absolute atomic E-state index is 12.8. The summed E-state index contributed by atoms with van der Waals surface area (Å²) in [5.74, 6) is -5.23. The number of carbonyl (C=O) groups is 5. The number of hydrogen-bond donors (Lipinski definition) is 8. The van der Waals surface area contributed by atoms with E-state index in [1.807, 2.05) is 0 Å². The molecule has 12 nitrogen and oxygen atoms in total. The summed E-state index contributed by atoms with van der Waals surface area (Å²) in [5, 5.41) is 34.1. The highest BCUT2D eigenvalue weighted by Gasteiger charge is 2.29. The average molecular weight is 471 g/mol. The lowest BCUT2D eigenvalue weighted by Gasteiger charge is -2.24. The van der Waals surface area contributed by atoms with Crippen molar-refractivity contribution in [2.75, 3.05) is 5.75 Å². The molecule has 0 radical (unpaired) electrons. The van der Waals surface area contributed by atoms with Crippen molar-refractivity contribution < 1.29 is 39.3 Å². The highest BCUT2D eigenvalue weighted by Crippen LogP contribution is 2.12. The summed E-state index contributed by atoms with van der Waals surface area (Å²) in [6.07, 6.45) is -0.724. The number of amides is 3. The van der Waals surface area contributed by atoms with Gasteiger partial charge < -0.3 is 37.0 Å². The zero-order valence-corrected chi connectivity index (χ0v) is 18.0. The Morgan fingerprint density at radius 2 is 1.47 bits per heavy atom. The molecule has 8 N–H and O–H groups in total. The Balaban J connectivity index is 2.99. The number of benzene rings is 1. The fourth-order valence-electron chi connectivity index (χ4n) is 2.48. The molecule has 32 heavy (non-hydrogen) atoms. The van der Waals surface area contributed by atoms with Gasteiger partial charge in [0, 0.05) is 12.2 Å². The number of rotatable bonds is 12. The molecule has 0 heterocycles. The van der Waals surface area contributed by atoms with E-state index in [-0.39, 0.29) is 17.9 Å². The van der Waals surface area contributed by atoms with Crippen LogP contribution in [0.15, 0.2) is 24.3 Å². The number of thiol groups is 1. The first-order valence-corrected chi connectivity index (χ1v) is 10.1. The molecule has 0 spiro atoms. The van der Waals surface area contributed by atoms with Crippen LogP contribution >= 0.6 is 12.6 Å². The highest BCUT2D eigenvalue weighted by atomic mass is 32.1. The summed E-state index contributed by atoms with van der Waals surface area (Å²) >= 11 is 4.00. The lowest BCUT2D eigenvalue weighted by atomic mass is 10.0. The summed E-state index contributed by atoms with van der Waals surface area (Å²) in [5.41, 5.74) is 6.09. The van der Waals surface area contributed by atoms with Gasteiger partial charge in [-0.3, -0.25) is 24.0 Å². The Labute approximate surface area is 189 Å². The Kier molecular flexibility index (Phi) is 10.4. The molecular formula is C19H26N4O8S. The minimum atomic E-state index is -1.41. The molecule has 176 valence electrons. The third-order valence-corrected chi connectivity index (χ3v) is 4.65.